The highest BCUT2D eigenvalue weighted by Crippen LogP contribution is 2.35. The zero-order valence-electron chi connectivity index (χ0n) is 10.8. The third-order valence-corrected chi connectivity index (χ3v) is 5.70. The molecular formula is C12H17ClFNO2S. The summed E-state index contributed by atoms with van der Waals surface area (Å²) in [7, 11) is -1.71. The zero-order chi connectivity index (χ0) is 14.1. The molecule has 1 rings (SSSR count). The third kappa shape index (κ3) is 2.84. The Morgan fingerprint density at radius 1 is 1.39 bits per heavy atom. The smallest absolute Gasteiger partial charge is 0.154 e. The largest absolute Gasteiger partial charge is 0.312 e. The fraction of sp³-hybridized carbons (Fsp3) is 0.500. The molecule has 1 aromatic rings. The van der Waals surface area contributed by atoms with Crippen molar-refractivity contribution in [2.75, 3.05) is 13.3 Å². The monoisotopic (exact) mass is 293 g/mol. The van der Waals surface area contributed by atoms with Gasteiger partial charge < -0.3 is 5.32 Å². The van der Waals surface area contributed by atoms with Crippen molar-refractivity contribution in [3.05, 3.63) is 34.6 Å². The summed E-state index contributed by atoms with van der Waals surface area (Å²) in [5, 5.41) is 3.24. The molecule has 0 aliphatic carbocycles. The van der Waals surface area contributed by atoms with Crippen LogP contribution in [0.4, 0.5) is 4.39 Å². The normalized spacial score (nSPS) is 14.6. The lowest BCUT2D eigenvalue weighted by molar-refractivity contribution is 0.444. The molecule has 102 valence electrons. The maximum absolute atomic E-state index is 13.3. The summed E-state index contributed by atoms with van der Waals surface area (Å²) in [6, 6.07) is 3.34. The molecule has 0 amide bonds. The van der Waals surface area contributed by atoms with Crippen LogP contribution < -0.4 is 5.32 Å². The third-order valence-electron chi connectivity index (χ3n) is 3.21. The number of halogens is 2. The number of nitrogens with one attached hydrogen (secondary N) is 1. The Hall–Kier alpha value is -0.650. The average Bonchev–Trinajstić information content (AvgIpc) is 2.22. The van der Waals surface area contributed by atoms with Gasteiger partial charge in [0, 0.05) is 11.3 Å². The van der Waals surface area contributed by atoms with Crippen molar-refractivity contribution in [1.29, 1.82) is 0 Å². The minimum absolute atomic E-state index is 0.340. The highest BCUT2D eigenvalue weighted by atomic mass is 35.5. The molecule has 0 aromatic heterocycles. The van der Waals surface area contributed by atoms with Crippen molar-refractivity contribution in [3.8, 4) is 0 Å². The SMILES string of the molecule is CNC(c1cc(F)ccc1Cl)C(C)(C)S(C)(=O)=O. The summed E-state index contributed by atoms with van der Waals surface area (Å²) in [6.07, 6.45) is 1.16. The minimum Gasteiger partial charge on any atom is -0.312 e. The molecule has 0 saturated heterocycles. The summed E-state index contributed by atoms with van der Waals surface area (Å²) in [4.78, 5) is 0. The molecule has 0 radical (unpaired) electrons. The molecule has 0 spiro atoms. The van der Waals surface area contributed by atoms with E-state index in [0.717, 1.165) is 6.26 Å². The van der Waals surface area contributed by atoms with Crippen molar-refractivity contribution < 1.29 is 12.8 Å². The van der Waals surface area contributed by atoms with Crippen LogP contribution in [0.25, 0.3) is 0 Å². The number of benzene rings is 1. The van der Waals surface area contributed by atoms with Gasteiger partial charge >= 0.3 is 0 Å². The van der Waals surface area contributed by atoms with Crippen LogP contribution in [-0.4, -0.2) is 26.5 Å². The molecular weight excluding hydrogens is 277 g/mol. The van der Waals surface area contributed by atoms with Crippen LogP contribution in [0.3, 0.4) is 0 Å². The molecule has 0 bridgehead atoms. The molecule has 1 aromatic carbocycles. The van der Waals surface area contributed by atoms with Crippen molar-refractivity contribution in [1.82, 2.24) is 5.32 Å². The van der Waals surface area contributed by atoms with E-state index >= 15 is 0 Å². The van der Waals surface area contributed by atoms with Crippen LogP contribution in [0.15, 0.2) is 18.2 Å². The Morgan fingerprint density at radius 3 is 2.39 bits per heavy atom. The molecule has 3 nitrogen and oxygen atoms in total. The number of hydrogen-bond donors (Lipinski definition) is 1. The second-order valence-electron chi connectivity index (χ2n) is 4.76. The zero-order valence-corrected chi connectivity index (χ0v) is 12.4. The molecule has 6 heteroatoms. The van der Waals surface area contributed by atoms with Gasteiger partial charge in [-0.25, -0.2) is 12.8 Å². The topological polar surface area (TPSA) is 46.2 Å². The highest BCUT2D eigenvalue weighted by Gasteiger charge is 2.40. The predicted octanol–water partition coefficient (Wildman–Crippen LogP) is 2.56. The Bertz CT molecular complexity index is 543. The Kier molecular flexibility index (Phi) is 4.41. The summed E-state index contributed by atoms with van der Waals surface area (Å²) >= 11 is 6.02. The minimum atomic E-state index is -3.34. The Morgan fingerprint density at radius 2 is 1.94 bits per heavy atom. The second-order valence-corrected chi connectivity index (χ2v) is 7.77. The number of rotatable bonds is 4. The molecule has 0 fully saturated rings. The van der Waals surface area contributed by atoms with E-state index in [2.05, 4.69) is 5.32 Å². The van der Waals surface area contributed by atoms with E-state index in [1.165, 1.54) is 18.2 Å². The molecule has 18 heavy (non-hydrogen) atoms. The van der Waals surface area contributed by atoms with E-state index in [0.29, 0.717) is 10.6 Å². The number of sulfone groups is 1. The van der Waals surface area contributed by atoms with Gasteiger partial charge in [-0.3, -0.25) is 0 Å². The molecule has 1 N–H and O–H groups in total. The van der Waals surface area contributed by atoms with E-state index in [-0.39, 0.29) is 0 Å². The maximum atomic E-state index is 13.3. The summed E-state index contributed by atoms with van der Waals surface area (Å²) in [5.74, 6) is -0.445. The summed E-state index contributed by atoms with van der Waals surface area (Å²) < 4.78 is 35.9. The van der Waals surface area contributed by atoms with E-state index in [1.807, 2.05) is 0 Å². The fourth-order valence-electron chi connectivity index (χ4n) is 1.83. The molecule has 0 aliphatic rings. The lowest BCUT2D eigenvalue weighted by atomic mass is 9.95. The van der Waals surface area contributed by atoms with Gasteiger partial charge in [0.25, 0.3) is 0 Å². The van der Waals surface area contributed by atoms with Crippen LogP contribution in [0.5, 0.6) is 0 Å². The standard InChI is InChI=1S/C12H17ClFNO2S/c1-12(2,18(4,16)17)11(15-3)9-7-8(14)5-6-10(9)13/h5-7,11,15H,1-4H3. The van der Waals surface area contributed by atoms with Crippen molar-refractivity contribution in [2.24, 2.45) is 0 Å². The molecule has 0 aliphatic heterocycles. The first kappa shape index (κ1) is 15.4. The van der Waals surface area contributed by atoms with Crippen LogP contribution in [0.1, 0.15) is 25.5 Å². The van der Waals surface area contributed by atoms with Crippen molar-refractivity contribution in [2.45, 2.75) is 24.6 Å². The van der Waals surface area contributed by atoms with E-state index in [9.17, 15) is 12.8 Å². The van der Waals surface area contributed by atoms with Gasteiger partial charge in [0.1, 0.15) is 5.82 Å². The van der Waals surface area contributed by atoms with Gasteiger partial charge in [0.2, 0.25) is 0 Å². The van der Waals surface area contributed by atoms with Crippen molar-refractivity contribution >= 4 is 21.4 Å². The maximum Gasteiger partial charge on any atom is 0.154 e. The molecule has 0 heterocycles. The van der Waals surface area contributed by atoms with Crippen molar-refractivity contribution in [3.63, 3.8) is 0 Å². The first-order chi connectivity index (χ1) is 8.11. The lowest BCUT2D eigenvalue weighted by Gasteiger charge is -2.33. The van der Waals surface area contributed by atoms with E-state index in [1.54, 1.807) is 20.9 Å². The van der Waals surface area contributed by atoms with Gasteiger partial charge in [0.05, 0.1) is 10.8 Å². The molecule has 1 unspecified atom stereocenters. The van der Waals surface area contributed by atoms with Gasteiger partial charge in [-0.1, -0.05) is 11.6 Å². The predicted molar refractivity (Wildman–Crippen MR) is 72.1 cm³/mol. The summed E-state index contributed by atoms with van der Waals surface area (Å²) in [6.45, 7) is 3.18. The van der Waals surface area contributed by atoms with Crippen LogP contribution in [-0.2, 0) is 9.84 Å². The molecule has 0 saturated carbocycles. The molecule has 1 atom stereocenters. The Balaban J connectivity index is 3.39. The van der Waals surface area contributed by atoms with Gasteiger partial charge in [0.15, 0.2) is 9.84 Å². The first-order valence-corrected chi connectivity index (χ1v) is 7.70. The van der Waals surface area contributed by atoms with Gasteiger partial charge in [-0.2, -0.15) is 0 Å². The van der Waals surface area contributed by atoms with Gasteiger partial charge in [-0.05, 0) is 44.7 Å². The lowest BCUT2D eigenvalue weighted by Crippen LogP contribution is -2.44. The summed E-state index contributed by atoms with van der Waals surface area (Å²) in [5.41, 5.74) is 0.439. The van der Waals surface area contributed by atoms with E-state index in [4.69, 9.17) is 11.6 Å². The van der Waals surface area contributed by atoms with Gasteiger partial charge in [-0.15, -0.1) is 0 Å². The first-order valence-electron chi connectivity index (χ1n) is 5.43. The average molecular weight is 294 g/mol. The van der Waals surface area contributed by atoms with E-state index < -0.39 is 26.4 Å². The highest BCUT2D eigenvalue weighted by molar-refractivity contribution is 7.92. The quantitative estimate of drug-likeness (QED) is 0.928. The number of hydrogen-bond acceptors (Lipinski definition) is 3. The Labute approximate surface area is 112 Å². The fourth-order valence-corrected chi connectivity index (χ4v) is 2.73. The van der Waals surface area contributed by atoms with Crippen LogP contribution >= 0.6 is 11.6 Å². The van der Waals surface area contributed by atoms with Crippen LogP contribution in [0, 0.1) is 5.82 Å². The van der Waals surface area contributed by atoms with Crippen LogP contribution in [0.2, 0.25) is 5.02 Å². The second kappa shape index (κ2) is 5.15.